The first-order valence-electron chi connectivity index (χ1n) is 7.93. The first-order chi connectivity index (χ1) is 11.9. The molecular formula is C15H25N3O8. The van der Waals surface area contributed by atoms with Gasteiger partial charge in [0.2, 0.25) is 5.91 Å². The van der Waals surface area contributed by atoms with Crippen LogP contribution in [0, 0.1) is 0 Å². The van der Waals surface area contributed by atoms with Gasteiger partial charge in [-0.3, -0.25) is 14.6 Å². The molecule has 1 aliphatic rings. The minimum absolute atomic E-state index is 0.0742. The molecule has 148 valence electrons. The van der Waals surface area contributed by atoms with E-state index in [0.29, 0.717) is 0 Å². The van der Waals surface area contributed by atoms with Crippen LogP contribution < -0.4 is 11.1 Å². The second-order valence-electron chi connectivity index (χ2n) is 6.25. The molecule has 1 fully saturated rings. The molecule has 0 spiro atoms. The number of hydrogen-bond donors (Lipinski definition) is 5. The Hall–Kier alpha value is -2.24. The lowest BCUT2D eigenvalue weighted by Crippen LogP contribution is -2.65. The molecule has 1 amide bonds. The van der Waals surface area contributed by atoms with E-state index in [0.717, 1.165) is 6.92 Å². The van der Waals surface area contributed by atoms with Crippen LogP contribution in [0.3, 0.4) is 0 Å². The van der Waals surface area contributed by atoms with Crippen LogP contribution in [0.2, 0.25) is 0 Å². The fourth-order valence-electron chi connectivity index (χ4n) is 2.82. The van der Waals surface area contributed by atoms with Crippen molar-refractivity contribution in [2.45, 2.75) is 70.3 Å². The zero-order chi connectivity index (χ0) is 20.2. The van der Waals surface area contributed by atoms with E-state index in [4.69, 9.17) is 15.2 Å². The van der Waals surface area contributed by atoms with Gasteiger partial charge in [-0.2, -0.15) is 0 Å². The molecule has 1 saturated heterocycles. The van der Waals surface area contributed by atoms with Gasteiger partial charge in [0.15, 0.2) is 0 Å². The number of aliphatic hydroxyl groups is 2. The van der Waals surface area contributed by atoms with Gasteiger partial charge < -0.3 is 35.8 Å². The predicted octanol–water partition coefficient (Wildman–Crippen LogP) is -1.89. The molecule has 1 aliphatic heterocycles. The predicted molar refractivity (Wildman–Crippen MR) is 88.0 cm³/mol. The summed E-state index contributed by atoms with van der Waals surface area (Å²) in [6.07, 6.45) is -4.40. The first kappa shape index (κ1) is 21.8. The third-order valence-corrected chi connectivity index (χ3v) is 3.82. The first-order valence-corrected chi connectivity index (χ1v) is 7.93. The highest BCUT2D eigenvalue weighted by Crippen LogP contribution is 2.32. The maximum absolute atomic E-state index is 11.6. The van der Waals surface area contributed by atoms with E-state index < -0.39 is 60.4 Å². The van der Waals surface area contributed by atoms with Crippen molar-refractivity contribution in [1.29, 1.82) is 0 Å². The van der Waals surface area contributed by atoms with Crippen LogP contribution in [0.25, 0.3) is 0 Å². The van der Waals surface area contributed by atoms with Crippen molar-refractivity contribution in [3.05, 3.63) is 0 Å². The molecular weight excluding hydrogens is 350 g/mol. The third-order valence-electron chi connectivity index (χ3n) is 3.82. The Morgan fingerprint density at radius 2 is 1.92 bits per heavy atom. The summed E-state index contributed by atoms with van der Waals surface area (Å²) in [6, 6.07) is -2.21. The van der Waals surface area contributed by atoms with Crippen LogP contribution in [0.1, 0.15) is 34.1 Å². The number of nitrogens with two attached hydrogens (primary N) is 1. The fraction of sp³-hybridized carbons (Fsp3) is 0.733. The summed E-state index contributed by atoms with van der Waals surface area (Å²) < 4.78 is 10.4. The summed E-state index contributed by atoms with van der Waals surface area (Å²) in [5.74, 6) is -5.51. The van der Waals surface area contributed by atoms with E-state index in [-0.39, 0.29) is 5.84 Å². The molecule has 0 bridgehead atoms. The summed E-state index contributed by atoms with van der Waals surface area (Å²) >= 11 is 0. The normalized spacial score (nSPS) is 31.6. The van der Waals surface area contributed by atoms with Gasteiger partial charge in [-0.05, 0) is 13.8 Å². The smallest absolute Gasteiger partial charge is 0.364 e. The minimum Gasteiger partial charge on any atom is -0.477 e. The lowest BCUT2D eigenvalue weighted by atomic mass is 9.87. The standard InChI is InChI=1S/C15H25N3O8/c1-6(25-9(4)20)11(18-8(3)19)13-12(17-7(2)16)10(21)5-15(24,26-13)14(22)23/h6,10-13,21,24H,5H2,1-4H3,(H2,16,17)(H,18,19)(H,22,23)/t6-,10-,11-,12-,13+,15+/m1/s1. The van der Waals surface area contributed by atoms with Gasteiger partial charge in [-0.1, -0.05) is 0 Å². The Bertz CT molecular complexity index is 591. The summed E-state index contributed by atoms with van der Waals surface area (Å²) in [5, 5.41) is 32.3. The van der Waals surface area contributed by atoms with E-state index in [9.17, 15) is 29.7 Å². The van der Waals surface area contributed by atoms with Gasteiger partial charge in [0, 0.05) is 20.3 Å². The molecule has 0 aromatic rings. The van der Waals surface area contributed by atoms with Crippen LogP contribution in [-0.4, -0.2) is 75.2 Å². The molecule has 0 radical (unpaired) electrons. The average molecular weight is 375 g/mol. The summed E-state index contributed by atoms with van der Waals surface area (Å²) in [4.78, 5) is 38.3. The van der Waals surface area contributed by atoms with Crippen molar-refractivity contribution in [1.82, 2.24) is 5.32 Å². The topological polar surface area (TPSA) is 181 Å². The molecule has 1 heterocycles. The number of nitrogens with zero attached hydrogens (tertiary/aromatic N) is 1. The number of carboxylic acid groups (broad SMARTS) is 1. The Labute approximate surface area is 150 Å². The van der Waals surface area contributed by atoms with E-state index in [1.54, 1.807) is 0 Å². The molecule has 26 heavy (non-hydrogen) atoms. The van der Waals surface area contributed by atoms with Crippen molar-refractivity contribution >= 4 is 23.7 Å². The Balaban J connectivity index is 3.35. The Morgan fingerprint density at radius 3 is 2.35 bits per heavy atom. The summed E-state index contributed by atoms with van der Waals surface area (Å²) in [7, 11) is 0. The number of rotatable bonds is 6. The number of amidine groups is 1. The number of carbonyl (C=O) groups is 3. The number of carbonyl (C=O) groups excluding carboxylic acids is 2. The number of amides is 1. The van der Waals surface area contributed by atoms with Gasteiger partial charge in [0.05, 0.1) is 18.0 Å². The largest absolute Gasteiger partial charge is 0.477 e. The number of esters is 1. The highest BCUT2D eigenvalue weighted by Gasteiger charge is 2.54. The maximum atomic E-state index is 11.6. The van der Waals surface area contributed by atoms with E-state index in [2.05, 4.69) is 10.3 Å². The highest BCUT2D eigenvalue weighted by atomic mass is 16.7. The number of nitrogens with one attached hydrogen (secondary N) is 1. The van der Waals surface area contributed by atoms with Gasteiger partial charge in [-0.15, -0.1) is 0 Å². The van der Waals surface area contributed by atoms with Crippen LogP contribution in [0.4, 0.5) is 0 Å². The zero-order valence-electron chi connectivity index (χ0n) is 15.0. The highest BCUT2D eigenvalue weighted by molar-refractivity contribution is 5.78. The number of ether oxygens (including phenoxy) is 2. The number of aliphatic hydroxyl groups excluding tert-OH is 1. The van der Waals surface area contributed by atoms with Crippen LogP contribution >= 0.6 is 0 Å². The van der Waals surface area contributed by atoms with Crippen LogP contribution in [0.5, 0.6) is 0 Å². The molecule has 0 saturated carbocycles. The van der Waals surface area contributed by atoms with Gasteiger partial charge in [-0.25, -0.2) is 4.79 Å². The van der Waals surface area contributed by atoms with Crippen LogP contribution in [-0.2, 0) is 23.9 Å². The Kier molecular flexibility index (Phi) is 7.07. The van der Waals surface area contributed by atoms with Gasteiger partial charge >= 0.3 is 11.9 Å². The number of aliphatic carboxylic acids is 1. The second-order valence-corrected chi connectivity index (χ2v) is 6.25. The second kappa shape index (κ2) is 8.43. The van der Waals surface area contributed by atoms with Crippen molar-refractivity contribution in [3.8, 4) is 0 Å². The summed E-state index contributed by atoms with van der Waals surface area (Å²) in [5.41, 5.74) is 5.57. The molecule has 0 aliphatic carbocycles. The van der Waals surface area contributed by atoms with Crippen molar-refractivity contribution in [3.63, 3.8) is 0 Å². The lowest BCUT2D eigenvalue weighted by Gasteiger charge is -2.44. The minimum atomic E-state index is -2.70. The maximum Gasteiger partial charge on any atom is 0.364 e. The average Bonchev–Trinajstić information content (AvgIpc) is 2.46. The molecule has 0 aromatic heterocycles. The molecule has 11 heteroatoms. The number of carboxylic acids is 1. The molecule has 0 unspecified atom stereocenters. The summed E-state index contributed by atoms with van der Waals surface area (Å²) in [6.45, 7) is 5.25. The Morgan fingerprint density at radius 1 is 1.35 bits per heavy atom. The van der Waals surface area contributed by atoms with Crippen molar-refractivity contribution in [2.24, 2.45) is 10.7 Å². The molecule has 6 N–H and O–H groups in total. The van der Waals surface area contributed by atoms with Crippen molar-refractivity contribution in [2.75, 3.05) is 0 Å². The molecule has 1 rings (SSSR count). The van der Waals surface area contributed by atoms with Gasteiger partial charge in [0.1, 0.15) is 18.2 Å². The molecule has 0 aromatic carbocycles. The molecule has 6 atom stereocenters. The third kappa shape index (κ3) is 5.38. The monoisotopic (exact) mass is 375 g/mol. The van der Waals surface area contributed by atoms with E-state index in [1.165, 1.54) is 20.8 Å². The lowest BCUT2D eigenvalue weighted by molar-refractivity contribution is -0.281. The van der Waals surface area contributed by atoms with E-state index in [1.807, 2.05) is 0 Å². The van der Waals surface area contributed by atoms with Crippen molar-refractivity contribution < 1.29 is 39.2 Å². The quantitative estimate of drug-likeness (QED) is 0.201. The van der Waals surface area contributed by atoms with Gasteiger partial charge in [0.25, 0.3) is 5.79 Å². The SMILES string of the molecule is CC(=O)N[C@@H]([C@@H]1O[C@](O)(C(=O)O)C[C@@H](O)[C@H]1N=C(C)N)[C@@H](C)OC(C)=O. The number of hydrogen-bond acceptors (Lipinski definition) is 8. The van der Waals surface area contributed by atoms with E-state index >= 15 is 0 Å². The fourth-order valence-corrected chi connectivity index (χ4v) is 2.82. The zero-order valence-corrected chi connectivity index (χ0v) is 15.0. The van der Waals surface area contributed by atoms with Crippen LogP contribution in [0.15, 0.2) is 4.99 Å². The molecule has 11 nitrogen and oxygen atoms in total. The number of aliphatic imine (C=N–C) groups is 1.